The number of hydrogen-bond acceptors (Lipinski definition) is 2. The molecule has 1 aromatic heterocycles. The highest BCUT2D eigenvalue weighted by atomic mass is 32.1. The summed E-state index contributed by atoms with van der Waals surface area (Å²) in [6.07, 6.45) is -3.76. The maximum Gasteiger partial charge on any atom is 0.419 e. The molecule has 1 nitrogen and oxygen atoms in total. The summed E-state index contributed by atoms with van der Waals surface area (Å²) in [6.45, 7) is 1.78. The molecule has 0 saturated heterocycles. The number of aryl methyl sites for hydroxylation is 1. The highest BCUT2D eigenvalue weighted by Gasteiger charge is 2.34. The van der Waals surface area contributed by atoms with E-state index in [9.17, 15) is 13.2 Å². The zero-order chi connectivity index (χ0) is 9.35. The van der Waals surface area contributed by atoms with Gasteiger partial charge in [-0.15, -0.1) is 11.3 Å². The first kappa shape index (κ1) is 9.38. The van der Waals surface area contributed by atoms with E-state index in [4.69, 9.17) is 5.73 Å². The summed E-state index contributed by atoms with van der Waals surface area (Å²) >= 11 is 1.06. The predicted octanol–water partition coefficient (Wildman–Crippen LogP) is 2.91. The molecule has 0 aliphatic carbocycles. The normalized spacial score (nSPS) is 12.0. The maximum atomic E-state index is 12.1. The largest absolute Gasteiger partial charge is 0.419 e. The Labute approximate surface area is 72.0 Å². The van der Waals surface area contributed by atoms with Gasteiger partial charge in [-0.3, -0.25) is 0 Å². The van der Waals surface area contributed by atoms with Gasteiger partial charge in [-0.1, -0.05) is 6.92 Å². The number of anilines is 1. The summed E-state index contributed by atoms with van der Waals surface area (Å²) in [5, 5.41) is 1.06. The highest BCUT2D eigenvalue weighted by molar-refractivity contribution is 7.10. The maximum absolute atomic E-state index is 12.1. The van der Waals surface area contributed by atoms with Crippen molar-refractivity contribution in [2.75, 3.05) is 5.73 Å². The summed E-state index contributed by atoms with van der Waals surface area (Å²) in [7, 11) is 0. The number of nitrogen functional groups attached to an aromatic ring is 1. The van der Waals surface area contributed by atoms with Gasteiger partial charge < -0.3 is 5.73 Å². The van der Waals surface area contributed by atoms with E-state index in [1.807, 2.05) is 0 Å². The fraction of sp³-hybridized carbons (Fsp3) is 0.429. The molecule has 0 radical (unpaired) electrons. The Morgan fingerprint density at radius 2 is 2.08 bits per heavy atom. The third kappa shape index (κ3) is 1.55. The van der Waals surface area contributed by atoms with Gasteiger partial charge in [-0.2, -0.15) is 13.2 Å². The zero-order valence-corrected chi connectivity index (χ0v) is 7.22. The SMILES string of the molecule is CCc1scc(C(F)(F)F)c1N. The summed E-state index contributed by atoms with van der Waals surface area (Å²) in [4.78, 5) is 0.599. The molecule has 0 saturated carbocycles. The lowest BCUT2D eigenvalue weighted by atomic mass is 10.2. The summed E-state index contributed by atoms with van der Waals surface area (Å²) in [6, 6.07) is 0. The number of hydrogen-bond donors (Lipinski definition) is 1. The van der Waals surface area contributed by atoms with E-state index in [1.165, 1.54) is 0 Å². The van der Waals surface area contributed by atoms with Crippen molar-refractivity contribution in [1.29, 1.82) is 0 Å². The molecular formula is C7H8F3NS. The lowest BCUT2D eigenvalue weighted by molar-refractivity contribution is -0.136. The molecule has 0 aliphatic rings. The molecular weight excluding hydrogens is 187 g/mol. The van der Waals surface area contributed by atoms with Crippen molar-refractivity contribution in [2.24, 2.45) is 0 Å². The van der Waals surface area contributed by atoms with Crippen LogP contribution in [0.4, 0.5) is 18.9 Å². The summed E-state index contributed by atoms with van der Waals surface area (Å²) < 4.78 is 36.4. The van der Waals surface area contributed by atoms with Crippen molar-refractivity contribution >= 4 is 17.0 Å². The average molecular weight is 195 g/mol. The van der Waals surface area contributed by atoms with Crippen LogP contribution < -0.4 is 5.73 Å². The van der Waals surface area contributed by atoms with Gasteiger partial charge in [0.15, 0.2) is 0 Å². The van der Waals surface area contributed by atoms with Crippen molar-refractivity contribution in [3.8, 4) is 0 Å². The molecule has 5 heteroatoms. The molecule has 0 atom stereocenters. The fourth-order valence-electron chi connectivity index (χ4n) is 0.901. The molecule has 68 valence electrons. The Bertz CT molecular complexity index is 277. The third-order valence-electron chi connectivity index (χ3n) is 1.54. The van der Waals surface area contributed by atoms with Crippen molar-refractivity contribution in [3.63, 3.8) is 0 Å². The van der Waals surface area contributed by atoms with Gasteiger partial charge in [0.05, 0.1) is 11.3 Å². The van der Waals surface area contributed by atoms with Crippen molar-refractivity contribution < 1.29 is 13.2 Å². The molecule has 0 aromatic carbocycles. The molecule has 1 heterocycles. The number of rotatable bonds is 1. The second-order valence-electron chi connectivity index (χ2n) is 2.34. The van der Waals surface area contributed by atoms with Crippen LogP contribution in [0, 0.1) is 0 Å². The molecule has 1 rings (SSSR count). The van der Waals surface area contributed by atoms with Crippen LogP contribution in [-0.4, -0.2) is 0 Å². The highest BCUT2D eigenvalue weighted by Crippen LogP contribution is 2.38. The first-order chi connectivity index (χ1) is 5.46. The molecule has 0 unspecified atom stereocenters. The van der Waals surface area contributed by atoms with Gasteiger partial charge in [0.25, 0.3) is 0 Å². The van der Waals surface area contributed by atoms with E-state index < -0.39 is 11.7 Å². The molecule has 0 amide bonds. The summed E-state index contributed by atoms with van der Waals surface area (Å²) in [5.74, 6) is 0. The van der Waals surface area contributed by atoms with Crippen molar-refractivity contribution in [2.45, 2.75) is 19.5 Å². The van der Waals surface area contributed by atoms with Gasteiger partial charge >= 0.3 is 6.18 Å². The summed E-state index contributed by atoms with van der Waals surface area (Å²) in [5.41, 5.74) is 4.47. The van der Waals surface area contributed by atoms with Crippen LogP contribution >= 0.6 is 11.3 Å². The van der Waals surface area contributed by atoms with E-state index >= 15 is 0 Å². The minimum atomic E-state index is -4.31. The predicted molar refractivity (Wildman–Crippen MR) is 43.1 cm³/mol. The number of alkyl halides is 3. The molecule has 12 heavy (non-hydrogen) atoms. The lowest BCUT2D eigenvalue weighted by Crippen LogP contribution is -2.06. The van der Waals surface area contributed by atoms with Gasteiger partial charge in [-0.25, -0.2) is 0 Å². The number of nitrogens with two attached hydrogens (primary N) is 1. The molecule has 0 spiro atoms. The second kappa shape index (κ2) is 2.97. The third-order valence-corrected chi connectivity index (χ3v) is 2.68. The fourth-order valence-corrected chi connectivity index (χ4v) is 1.82. The number of thiophene rings is 1. The Morgan fingerprint density at radius 3 is 2.33 bits per heavy atom. The van der Waals surface area contributed by atoms with E-state index in [2.05, 4.69) is 0 Å². The second-order valence-corrected chi connectivity index (χ2v) is 3.30. The first-order valence-electron chi connectivity index (χ1n) is 3.39. The van der Waals surface area contributed by atoms with Crippen LogP contribution in [0.25, 0.3) is 0 Å². The van der Waals surface area contributed by atoms with E-state index in [-0.39, 0.29) is 5.69 Å². The Hall–Kier alpha value is -0.710. The van der Waals surface area contributed by atoms with Crippen LogP contribution in [0.1, 0.15) is 17.4 Å². The van der Waals surface area contributed by atoms with Crippen LogP contribution in [0.3, 0.4) is 0 Å². The minimum Gasteiger partial charge on any atom is -0.397 e. The van der Waals surface area contributed by atoms with Crippen LogP contribution in [0.5, 0.6) is 0 Å². The molecule has 0 fully saturated rings. The first-order valence-corrected chi connectivity index (χ1v) is 4.27. The van der Waals surface area contributed by atoms with E-state index in [1.54, 1.807) is 6.92 Å². The number of halogens is 3. The monoisotopic (exact) mass is 195 g/mol. The average Bonchev–Trinajstić information content (AvgIpc) is 2.29. The van der Waals surface area contributed by atoms with Gasteiger partial charge in [0, 0.05) is 10.3 Å². The van der Waals surface area contributed by atoms with Crippen molar-refractivity contribution in [3.05, 3.63) is 15.8 Å². The van der Waals surface area contributed by atoms with E-state index in [0.717, 1.165) is 16.7 Å². The Kier molecular flexibility index (Phi) is 2.32. The Morgan fingerprint density at radius 1 is 1.50 bits per heavy atom. The standard InChI is InChI=1S/C7H8F3NS/c1-2-5-6(11)4(3-12-5)7(8,9)10/h3H,2,11H2,1H3. The molecule has 1 aromatic rings. The van der Waals surface area contributed by atoms with Crippen LogP contribution in [0.15, 0.2) is 5.38 Å². The smallest absolute Gasteiger partial charge is 0.397 e. The molecule has 0 bridgehead atoms. The Balaban J connectivity index is 3.11. The lowest BCUT2D eigenvalue weighted by Gasteiger charge is -2.04. The molecule has 0 aliphatic heterocycles. The van der Waals surface area contributed by atoms with Crippen LogP contribution in [0.2, 0.25) is 0 Å². The van der Waals surface area contributed by atoms with Gasteiger partial charge in [0.2, 0.25) is 0 Å². The van der Waals surface area contributed by atoms with Gasteiger partial charge in [0.1, 0.15) is 0 Å². The molecule has 2 N–H and O–H groups in total. The van der Waals surface area contributed by atoms with E-state index in [0.29, 0.717) is 11.3 Å². The zero-order valence-electron chi connectivity index (χ0n) is 6.40. The topological polar surface area (TPSA) is 26.0 Å². The van der Waals surface area contributed by atoms with Crippen molar-refractivity contribution in [1.82, 2.24) is 0 Å². The minimum absolute atomic E-state index is 0.116. The van der Waals surface area contributed by atoms with Crippen LogP contribution in [-0.2, 0) is 12.6 Å². The quantitative estimate of drug-likeness (QED) is 0.732. The van der Waals surface area contributed by atoms with Gasteiger partial charge in [-0.05, 0) is 6.42 Å².